The molecule has 1 N–H and O–H groups in total. The van der Waals surface area contributed by atoms with Gasteiger partial charge in [0.05, 0.1) is 11.9 Å². The van der Waals surface area contributed by atoms with Crippen LogP contribution in [0.3, 0.4) is 0 Å². The van der Waals surface area contributed by atoms with Crippen molar-refractivity contribution in [1.29, 1.82) is 0 Å². The molecule has 0 saturated carbocycles. The molecular weight excluding hydrogens is 366 g/mol. The molecule has 0 spiro atoms. The van der Waals surface area contributed by atoms with Crippen LogP contribution in [-0.4, -0.2) is 15.9 Å². The van der Waals surface area contributed by atoms with Crippen LogP contribution in [0.1, 0.15) is 123 Å². The van der Waals surface area contributed by atoms with Crippen LogP contribution in [0.4, 0.5) is 0 Å². The molecule has 1 aromatic heterocycles. The largest absolute Gasteiger partial charge is 0.282 e. The molecule has 3 heteroatoms. The van der Waals surface area contributed by atoms with Crippen molar-refractivity contribution in [2.45, 2.75) is 112 Å². The van der Waals surface area contributed by atoms with E-state index in [1.54, 1.807) is 17.3 Å². The molecule has 2 atom stereocenters. The first kappa shape index (κ1) is 26.4. The molecular formula is C27H47N3. The maximum atomic E-state index is 4.70. The lowest BCUT2D eigenvalue weighted by molar-refractivity contribution is 0.445. The number of H-pyrrole nitrogens is 1. The molecule has 0 amide bonds. The summed E-state index contributed by atoms with van der Waals surface area (Å²) in [6.45, 7) is 20.0. The van der Waals surface area contributed by atoms with Crippen LogP contribution in [0.2, 0.25) is 0 Å². The Balaban J connectivity index is 3.10. The lowest BCUT2D eigenvalue weighted by Crippen LogP contribution is -2.12. The van der Waals surface area contributed by atoms with E-state index in [1.165, 1.54) is 43.4 Å². The number of aliphatic imine (C=N–C) groups is 1. The molecule has 0 bridgehead atoms. The number of nitrogens with one attached hydrogen (secondary N) is 1. The maximum Gasteiger partial charge on any atom is 0.0581 e. The predicted octanol–water partition coefficient (Wildman–Crippen LogP) is 8.61. The summed E-state index contributed by atoms with van der Waals surface area (Å²) in [4.78, 5) is 4.70. The molecule has 0 aromatic carbocycles. The van der Waals surface area contributed by atoms with E-state index in [-0.39, 0.29) is 0 Å². The second kappa shape index (κ2) is 14.4. The van der Waals surface area contributed by atoms with Crippen molar-refractivity contribution in [3.05, 3.63) is 41.4 Å². The quantitative estimate of drug-likeness (QED) is 0.227. The van der Waals surface area contributed by atoms with Gasteiger partial charge in [0, 0.05) is 17.5 Å². The second-order valence-electron chi connectivity index (χ2n) is 9.23. The van der Waals surface area contributed by atoms with Crippen molar-refractivity contribution in [3.8, 4) is 0 Å². The minimum Gasteiger partial charge on any atom is -0.282 e. The van der Waals surface area contributed by atoms with Gasteiger partial charge >= 0.3 is 0 Å². The number of aromatic amines is 1. The standard InChI is InChI=1S/C27H47N3/c1-9-14-24(21(7)10-2)23(16-13-15-20(5)6)17-18-26(28-12-4)25-19-29-30-27(25)22(8)11-3/h12,19-20,22-23H,4,9-11,13-18H2,1-3,5-8H3,(H,29,30)/b24-21+,28-26-. The second-order valence-corrected chi connectivity index (χ2v) is 9.23. The highest BCUT2D eigenvalue weighted by atomic mass is 15.1. The Morgan fingerprint density at radius 2 is 1.87 bits per heavy atom. The summed E-state index contributed by atoms with van der Waals surface area (Å²) >= 11 is 0. The molecule has 170 valence electrons. The highest BCUT2D eigenvalue weighted by Gasteiger charge is 2.20. The Morgan fingerprint density at radius 3 is 2.43 bits per heavy atom. The van der Waals surface area contributed by atoms with Gasteiger partial charge < -0.3 is 0 Å². The van der Waals surface area contributed by atoms with E-state index in [0.717, 1.165) is 37.3 Å². The van der Waals surface area contributed by atoms with E-state index in [2.05, 4.69) is 65.2 Å². The summed E-state index contributed by atoms with van der Waals surface area (Å²) in [5.41, 5.74) is 6.82. The van der Waals surface area contributed by atoms with Gasteiger partial charge in [0.1, 0.15) is 0 Å². The third kappa shape index (κ3) is 8.24. The fourth-order valence-corrected chi connectivity index (χ4v) is 4.32. The Morgan fingerprint density at radius 1 is 1.13 bits per heavy atom. The first-order valence-corrected chi connectivity index (χ1v) is 12.3. The topological polar surface area (TPSA) is 41.0 Å². The predicted molar refractivity (Wildman–Crippen MR) is 133 cm³/mol. The normalized spacial score (nSPS) is 15.3. The summed E-state index contributed by atoms with van der Waals surface area (Å²) in [5, 5.41) is 7.57. The molecule has 1 rings (SSSR count). The molecule has 30 heavy (non-hydrogen) atoms. The fraction of sp³-hybridized carbons (Fsp3) is 0.704. The molecule has 0 fully saturated rings. The maximum absolute atomic E-state index is 4.70. The van der Waals surface area contributed by atoms with Gasteiger partial charge in [-0.1, -0.05) is 78.5 Å². The minimum absolute atomic E-state index is 0.456. The average molecular weight is 414 g/mol. The van der Waals surface area contributed by atoms with E-state index in [9.17, 15) is 0 Å². The monoisotopic (exact) mass is 413 g/mol. The van der Waals surface area contributed by atoms with Gasteiger partial charge in [-0.15, -0.1) is 0 Å². The first-order chi connectivity index (χ1) is 14.4. The van der Waals surface area contributed by atoms with Crippen molar-refractivity contribution in [2.24, 2.45) is 16.8 Å². The number of rotatable bonds is 15. The summed E-state index contributed by atoms with van der Waals surface area (Å²) < 4.78 is 0. The first-order valence-electron chi connectivity index (χ1n) is 12.3. The van der Waals surface area contributed by atoms with Gasteiger partial charge in [0.2, 0.25) is 0 Å². The third-order valence-electron chi connectivity index (χ3n) is 6.49. The zero-order valence-electron chi connectivity index (χ0n) is 20.9. The van der Waals surface area contributed by atoms with Crippen molar-refractivity contribution >= 4 is 5.71 Å². The van der Waals surface area contributed by atoms with Gasteiger partial charge in [0.15, 0.2) is 0 Å². The molecule has 1 heterocycles. The van der Waals surface area contributed by atoms with Crippen LogP contribution in [0.25, 0.3) is 0 Å². The van der Waals surface area contributed by atoms with Crippen molar-refractivity contribution in [3.63, 3.8) is 0 Å². The van der Waals surface area contributed by atoms with Gasteiger partial charge in [-0.2, -0.15) is 5.10 Å². The zero-order chi connectivity index (χ0) is 22.5. The number of allylic oxidation sites excluding steroid dienone is 2. The average Bonchev–Trinajstić information content (AvgIpc) is 3.22. The highest BCUT2D eigenvalue weighted by molar-refractivity contribution is 6.01. The van der Waals surface area contributed by atoms with Gasteiger partial charge in [0.25, 0.3) is 0 Å². The Kier molecular flexibility index (Phi) is 12.7. The summed E-state index contributed by atoms with van der Waals surface area (Å²) in [6.07, 6.45) is 14.4. The molecule has 1 aromatic rings. The van der Waals surface area contributed by atoms with Crippen molar-refractivity contribution < 1.29 is 0 Å². The van der Waals surface area contributed by atoms with Gasteiger partial charge in [-0.05, 0) is 63.2 Å². The van der Waals surface area contributed by atoms with E-state index in [4.69, 9.17) is 4.99 Å². The fourth-order valence-electron chi connectivity index (χ4n) is 4.32. The lowest BCUT2D eigenvalue weighted by Gasteiger charge is -2.24. The zero-order valence-corrected chi connectivity index (χ0v) is 20.9. The van der Waals surface area contributed by atoms with Gasteiger partial charge in [-0.25, -0.2) is 0 Å². The Labute approximate surface area is 186 Å². The molecule has 3 nitrogen and oxygen atoms in total. The van der Waals surface area contributed by atoms with Crippen LogP contribution >= 0.6 is 0 Å². The number of aromatic nitrogens is 2. The molecule has 0 radical (unpaired) electrons. The summed E-state index contributed by atoms with van der Waals surface area (Å²) in [7, 11) is 0. The highest BCUT2D eigenvalue weighted by Crippen LogP contribution is 2.32. The van der Waals surface area contributed by atoms with E-state index < -0.39 is 0 Å². The molecule has 0 aliphatic rings. The minimum atomic E-state index is 0.456. The molecule has 0 aliphatic heterocycles. The lowest BCUT2D eigenvalue weighted by atomic mass is 9.82. The molecule has 0 saturated heterocycles. The van der Waals surface area contributed by atoms with Crippen molar-refractivity contribution in [2.75, 3.05) is 0 Å². The SMILES string of the molecule is C=C/N=C(/CCC(CCCC(C)C)/C(CCC)=C(\C)CC)c1cn[nH]c1C(C)CC. The third-order valence-corrected chi connectivity index (χ3v) is 6.49. The number of hydrogen-bond donors (Lipinski definition) is 1. The van der Waals surface area contributed by atoms with E-state index >= 15 is 0 Å². The number of hydrogen-bond acceptors (Lipinski definition) is 2. The summed E-state index contributed by atoms with van der Waals surface area (Å²) in [5.74, 6) is 1.88. The Bertz CT molecular complexity index is 678. The van der Waals surface area contributed by atoms with Gasteiger partial charge in [-0.3, -0.25) is 10.1 Å². The van der Waals surface area contributed by atoms with Crippen LogP contribution in [0, 0.1) is 11.8 Å². The van der Waals surface area contributed by atoms with Crippen LogP contribution < -0.4 is 0 Å². The van der Waals surface area contributed by atoms with Crippen LogP contribution in [0.15, 0.2) is 35.1 Å². The summed E-state index contributed by atoms with van der Waals surface area (Å²) in [6, 6.07) is 0. The van der Waals surface area contributed by atoms with Crippen LogP contribution in [-0.2, 0) is 0 Å². The van der Waals surface area contributed by atoms with Crippen molar-refractivity contribution in [1.82, 2.24) is 10.2 Å². The van der Waals surface area contributed by atoms with E-state index in [0.29, 0.717) is 11.8 Å². The van der Waals surface area contributed by atoms with E-state index in [1.807, 2.05) is 6.20 Å². The molecule has 2 unspecified atom stereocenters. The molecule has 0 aliphatic carbocycles. The smallest absolute Gasteiger partial charge is 0.0581 e. The van der Waals surface area contributed by atoms with Crippen LogP contribution in [0.5, 0.6) is 0 Å². The Hall–Kier alpha value is -1.64. The number of nitrogens with zero attached hydrogens (tertiary/aromatic N) is 2.